The second kappa shape index (κ2) is 4.31. The highest BCUT2D eigenvalue weighted by atomic mass is 32.2. The first-order valence-corrected chi connectivity index (χ1v) is 4.48. The van der Waals surface area contributed by atoms with Crippen molar-refractivity contribution in [2.75, 3.05) is 6.26 Å². The fourth-order valence-corrected chi connectivity index (χ4v) is 1.34. The number of hydrogen-bond acceptors (Lipinski definition) is 1. The minimum Gasteiger partial charge on any atom is -0.171 e. The average molecular weight is 130 g/mol. The molecule has 8 heavy (non-hydrogen) atoms. The lowest BCUT2D eigenvalue weighted by Gasteiger charge is -2.09. The molecule has 0 aliphatic rings. The first-order chi connectivity index (χ1) is 3.66. The first-order valence-electron chi connectivity index (χ1n) is 3.19. The molecule has 0 bridgehead atoms. The molecule has 2 heteroatoms. The summed E-state index contributed by atoms with van der Waals surface area (Å²) in [5.74, 6) is 0.859. The summed E-state index contributed by atoms with van der Waals surface area (Å²) < 4.78 is 0. The molecule has 0 heterocycles. The van der Waals surface area contributed by atoms with Gasteiger partial charge in [-0.15, -0.1) is 0 Å². The second-order valence-electron chi connectivity index (χ2n) is 2.68. The fraction of sp³-hybridized carbons (Fsp3) is 1.00. The van der Waals surface area contributed by atoms with Gasteiger partial charge in [0.1, 0.15) is 7.85 Å². The molecule has 0 aromatic carbocycles. The number of rotatable bonds is 3. The van der Waals surface area contributed by atoms with E-state index in [2.05, 4.69) is 27.9 Å². The van der Waals surface area contributed by atoms with Gasteiger partial charge in [0.25, 0.3) is 0 Å². The normalized spacial score (nSPS) is 14.5. The summed E-state index contributed by atoms with van der Waals surface area (Å²) in [6.07, 6.45) is 3.52. The van der Waals surface area contributed by atoms with Gasteiger partial charge in [0.2, 0.25) is 0 Å². The summed E-state index contributed by atoms with van der Waals surface area (Å²) in [7, 11) is 2.28. The zero-order valence-electron chi connectivity index (χ0n) is 6.27. The fourth-order valence-electron chi connectivity index (χ4n) is 0.760. The largest absolute Gasteiger partial charge is 0.171 e. The van der Waals surface area contributed by atoms with Gasteiger partial charge < -0.3 is 0 Å². The zero-order chi connectivity index (χ0) is 6.57. The summed E-state index contributed by atoms with van der Waals surface area (Å²) >= 11 is 1.95. The number of hydrogen-bond donors (Lipinski definition) is 0. The van der Waals surface area contributed by atoms with Crippen LogP contribution in [-0.2, 0) is 0 Å². The molecule has 0 aliphatic heterocycles. The molecule has 0 aromatic heterocycles. The van der Waals surface area contributed by atoms with Crippen molar-refractivity contribution in [2.45, 2.75) is 25.4 Å². The summed E-state index contributed by atoms with van der Waals surface area (Å²) in [6, 6.07) is 0. The molecule has 0 spiro atoms. The van der Waals surface area contributed by atoms with Crippen LogP contribution in [0.5, 0.6) is 0 Å². The van der Waals surface area contributed by atoms with Gasteiger partial charge in [-0.3, -0.25) is 0 Å². The topological polar surface area (TPSA) is 0 Å². The van der Waals surface area contributed by atoms with E-state index in [1.54, 1.807) is 0 Å². The lowest BCUT2D eigenvalue weighted by molar-refractivity contribution is 0.617. The maximum atomic E-state index is 2.28. The Morgan fingerprint density at radius 1 is 1.50 bits per heavy atom. The lowest BCUT2D eigenvalue weighted by atomic mass is 9.95. The molecule has 0 nitrogen and oxygen atoms in total. The molecule has 0 fully saturated rings. The molecule has 0 amide bonds. The molecular weight excluding hydrogens is 115 g/mol. The van der Waals surface area contributed by atoms with Crippen molar-refractivity contribution in [3.05, 3.63) is 0 Å². The van der Waals surface area contributed by atoms with Gasteiger partial charge in [0, 0.05) is 0 Å². The SMILES string of the molecule is BC(CC(C)C)SC. The average Bonchev–Trinajstić information content (AvgIpc) is 1.65. The highest BCUT2D eigenvalue weighted by Gasteiger charge is 2.00. The van der Waals surface area contributed by atoms with E-state index in [0.29, 0.717) is 0 Å². The van der Waals surface area contributed by atoms with Crippen LogP contribution in [0, 0.1) is 5.92 Å². The van der Waals surface area contributed by atoms with Gasteiger partial charge in [-0.1, -0.05) is 13.8 Å². The summed E-state index contributed by atoms with van der Waals surface area (Å²) in [6.45, 7) is 4.54. The van der Waals surface area contributed by atoms with Crippen molar-refractivity contribution in [1.29, 1.82) is 0 Å². The van der Waals surface area contributed by atoms with E-state index in [1.165, 1.54) is 6.42 Å². The van der Waals surface area contributed by atoms with Crippen molar-refractivity contribution < 1.29 is 0 Å². The van der Waals surface area contributed by atoms with Crippen molar-refractivity contribution in [2.24, 2.45) is 5.92 Å². The van der Waals surface area contributed by atoms with E-state index in [-0.39, 0.29) is 0 Å². The Bertz CT molecular complexity index is 54.5. The van der Waals surface area contributed by atoms with Crippen molar-refractivity contribution >= 4 is 19.6 Å². The van der Waals surface area contributed by atoms with Crippen LogP contribution < -0.4 is 0 Å². The van der Waals surface area contributed by atoms with E-state index < -0.39 is 0 Å². The molecule has 48 valence electrons. The third-order valence-corrected chi connectivity index (χ3v) is 2.20. The van der Waals surface area contributed by atoms with Gasteiger partial charge >= 0.3 is 0 Å². The van der Waals surface area contributed by atoms with Crippen LogP contribution in [0.25, 0.3) is 0 Å². The Balaban J connectivity index is 3.10. The van der Waals surface area contributed by atoms with Gasteiger partial charge in [0.15, 0.2) is 0 Å². The Labute approximate surface area is 57.8 Å². The van der Waals surface area contributed by atoms with Crippen molar-refractivity contribution in [3.8, 4) is 0 Å². The maximum absolute atomic E-state index is 2.28. The zero-order valence-corrected chi connectivity index (χ0v) is 7.09. The van der Waals surface area contributed by atoms with Crippen LogP contribution in [0.4, 0.5) is 0 Å². The van der Waals surface area contributed by atoms with E-state index >= 15 is 0 Å². The van der Waals surface area contributed by atoms with E-state index in [0.717, 1.165) is 11.1 Å². The van der Waals surface area contributed by atoms with E-state index in [9.17, 15) is 0 Å². The minimum atomic E-state index is 0.843. The van der Waals surface area contributed by atoms with Crippen LogP contribution in [-0.4, -0.2) is 19.3 Å². The lowest BCUT2D eigenvalue weighted by Crippen LogP contribution is -2.04. The predicted molar refractivity (Wildman–Crippen MR) is 45.3 cm³/mol. The van der Waals surface area contributed by atoms with Crippen LogP contribution in [0.15, 0.2) is 0 Å². The monoisotopic (exact) mass is 130 g/mol. The van der Waals surface area contributed by atoms with Crippen molar-refractivity contribution in [1.82, 2.24) is 0 Å². The second-order valence-corrected chi connectivity index (χ2v) is 3.95. The highest BCUT2D eigenvalue weighted by Crippen LogP contribution is 2.12. The predicted octanol–water partition coefficient (Wildman–Crippen LogP) is 1.35. The number of thioether (sulfide) groups is 1. The standard InChI is InChI=1S/C6H15BS/c1-5(2)4-6(7)8-3/h5-6H,4,7H2,1-3H3. The summed E-state index contributed by atoms with van der Waals surface area (Å²) in [4.78, 5) is 0. The van der Waals surface area contributed by atoms with Gasteiger partial charge in [0.05, 0.1) is 0 Å². The molecule has 0 radical (unpaired) electrons. The minimum absolute atomic E-state index is 0.843. The summed E-state index contributed by atoms with van der Waals surface area (Å²) in [5, 5.41) is 0.843. The third kappa shape index (κ3) is 4.57. The Morgan fingerprint density at radius 3 is 2.12 bits per heavy atom. The Kier molecular flexibility index (Phi) is 4.53. The highest BCUT2D eigenvalue weighted by molar-refractivity contribution is 8.00. The van der Waals surface area contributed by atoms with Gasteiger partial charge in [-0.2, -0.15) is 11.8 Å². The molecule has 1 unspecified atom stereocenters. The molecule has 0 saturated heterocycles. The molecular formula is C6H15BS. The molecule has 0 rings (SSSR count). The molecule has 0 N–H and O–H groups in total. The Hall–Kier alpha value is 0.415. The van der Waals surface area contributed by atoms with Crippen LogP contribution in [0.1, 0.15) is 20.3 Å². The third-order valence-electron chi connectivity index (χ3n) is 1.21. The maximum Gasteiger partial charge on any atom is 0.118 e. The molecule has 0 aromatic rings. The quantitative estimate of drug-likeness (QED) is 0.519. The van der Waals surface area contributed by atoms with E-state index in [1.807, 2.05) is 11.8 Å². The van der Waals surface area contributed by atoms with E-state index in [4.69, 9.17) is 0 Å². The van der Waals surface area contributed by atoms with Crippen LogP contribution >= 0.6 is 11.8 Å². The smallest absolute Gasteiger partial charge is 0.118 e. The molecule has 1 atom stereocenters. The molecule has 0 saturated carbocycles. The summed E-state index contributed by atoms with van der Waals surface area (Å²) in [5.41, 5.74) is 0. The van der Waals surface area contributed by atoms with Crippen LogP contribution in [0.3, 0.4) is 0 Å². The van der Waals surface area contributed by atoms with Gasteiger partial charge in [-0.05, 0) is 23.7 Å². The first kappa shape index (κ1) is 8.41. The molecule has 0 aliphatic carbocycles. The Morgan fingerprint density at radius 2 is 2.00 bits per heavy atom. The van der Waals surface area contributed by atoms with Crippen LogP contribution in [0.2, 0.25) is 0 Å². The van der Waals surface area contributed by atoms with Crippen molar-refractivity contribution in [3.63, 3.8) is 0 Å². The van der Waals surface area contributed by atoms with Gasteiger partial charge in [-0.25, -0.2) is 0 Å².